The number of ether oxygens (including phenoxy) is 1. The van der Waals surface area contributed by atoms with Gasteiger partial charge in [-0.25, -0.2) is 0 Å². The van der Waals surface area contributed by atoms with E-state index in [9.17, 15) is 4.79 Å². The lowest BCUT2D eigenvalue weighted by Crippen LogP contribution is -2.46. The summed E-state index contributed by atoms with van der Waals surface area (Å²) in [7, 11) is 0. The highest BCUT2D eigenvalue weighted by molar-refractivity contribution is 5.97. The number of carbonyl (C=O) groups is 1. The average molecular weight is 276 g/mol. The predicted octanol–water partition coefficient (Wildman–Crippen LogP) is 2.06. The van der Waals surface area contributed by atoms with Crippen molar-refractivity contribution < 1.29 is 9.53 Å². The zero-order valence-corrected chi connectivity index (χ0v) is 12.9. The summed E-state index contributed by atoms with van der Waals surface area (Å²) in [6.07, 6.45) is 0. The van der Waals surface area contributed by atoms with Crippen LogP contribution in [0.15, 0.2) is 6.07 Å². The fourth-order valence-corrected chi connectivity index (χ4v) is 2.71. The van der Waals surface area contributed by atoms with Crippen LogP contribution in [0.2, 0.25) is 0 Å². The van der Waals surface area contributed by atoms with Gasteiger partial charge in [0.25, 0.3) is 5.91 Å². The minimum absolute atomic E-state index is 0.146. The highest BCUT2D eigenvalue weighted by Crippen LogP contribution is 2.28. The average Bonchev–Trinajstić information content (AvgIpc) is 2.45. The molecule has 1 fully saturated rings. The number of hydrogen-bond donors (Lipinski definition) is 1. The summed E-state index contributed by atoms with van der Waals surface area (Å²) in [6.45, 7) is 12.0. The number of rotatable bonds is 3. The molecule has 0 saturated carbocycles. The second kappa shape index (κ2) is 6.27. The van der Waals surface area contributed by atoms with Crippen LogP contribution in [-0.2, 0) is 0 Å². The molecule has 0 unspecified atom stereocenters. The van der Waals surface area contributed by atoms with Gasteiger partial charge in [-0.15, -0.1) is 0 Å². The van der Waals surface area contributed by atoms with E-state index < -0.39 is 0 Å². The molecule has 1 N–H and O–H groups in total. The number of aryl methyl sites for hydroxylation is 1. The van der Waals surface area contributed by atoms with Gasteiger partial charge < -0.3 is 15.0 Å². The van der Waals surface area contributed by atoms with E-state index in [4.69, 9.17) is 4.74 Å². The Hall–Kier alpha value is -1.55. The fraction of sp³-hybridized carbons (Fsp3) is 0.562. The van der Waals surface area contributed by atoms with Gasteiger partial charge in [0.2, 0.25) is 0 Å². The van der Waals surface area contributed by atoms with Gasteiger partial charge in [0.15, 0.2) is 0 Å². The highest BCUT2D eigenvalue weighted by atomic mass is 16.5. The highest BCUT2D eigenvalue weighted by Gasteiger charge is 2.23. The summed E-state index contributed by atoms with van der Waals surface area (Å²) in [4.78, 5) is 14.7. The molecule has 4 nitrogen and oxygen atoms in total. The van der Waals surface area contributed by atoms with Crippen LogP contribution in [0.4, 0.5) is 0 Å². The monoisotopic (exact) mass is 276 g/mol. The Morgan fingerprint density at radius 1 is 1.25 bits per heavy atom. The molecule has 110 valence electrons. The normalized spacial score (nSPS) is 15.3. The first kappa shape index (κ1) is 14.9. The molecule has 0 atom stereocenters. The van der Waals surface area contributed by atoms with Crippen LogP contribution < -0.4 is 10.1 Å². The Balaban J connectivity index is 2.36. The first-order chi connectivity index (χ1) is 9.56. The van der Waals surface area contributed by atoms with E-state index in [0.717, 1.165) is 54.2 Å². The summed E-state index contributed by atoms with van der Waals surface area (Å²) in [5.74, 6) is 1.03. The van der Waals surface area contributed by atoms with Gasteiger partial charge in [0, 0.05) is 31.7 Å². The lowest BCUT2D eigenvalue weighted by atomic mass is 9.96. The fourth-order valence-electron chi connectivity index (χ4n) is 2.71. The van der Waals surface area contributed by atoms with Gasteiger partial charge in [0.05, 0.1) is 6.61 Å². The number of amides is 1. The van der Waals surface area contributed by atoms with E-state index in [1.807, 2.05) is 38.7 Å². The SMILES string of the molecule is CCOc1cc(C)c(C(=O)N2CCNCC2)c(C)c1C. The van der Waals surface area contributed by atoms with E-state index in [0.29, 0.717) is 6.61 Å². The number of hydrogen-bond acceptors (Lipinski definition) is 3. The van der Waals surface area contributed by atoms with Crippen molar-refractivity contribution in [3.05, 3.63) is 28.3 Å². The van der Waals surface area contributed by atoms with E-state index in [1.54, 1.807) is 0 Å². The largest absolute Gasteiger partial charge is 0.494 e. The molecule has 0 spiro atoms. The van der Waals surface area contributed by atoms with E-state index >= 15 is 0 Å². The Bertz CT molecular complexity index is 506. The molecule has 1 amide bonds. The molecular formula is C16H24N2O2. The molecule has 1 aromatic carbocycles. The van der Waals surface area contributed by atoms with Gasteiger partial charge in [-0.3, -0.25) is 4.79 Å². The molecule has 0 radical (unpaired) electrons. The van der Waals surface area contributed by atoms with Gasteiger partial charge in [0.1, 0.15) is 5.75 Å². The van der Waals surface area contributed by atoms with E-state index in [2.05, 4.69) is 5.32 Å². The molecule has 0 aromatic heterocycles. The zero-order valence-electron chi connectivity index (χ0n) is 12.9. The third-order valence-electron chi connectivity index (χ3n) is 3.97. The Labute approximate surface area is 121 Å². The topological polar surface area (TPSA) is 41.6 Å². The van der Waals surface area contributed by atoms with Gasteiger partial charge in [-0.2, -0.15) is 0 Å². The van der Waals surface area contributed by atoms with Crippen LogP contribution in [0.5, 0.6) is 5.75 Å². The van der Waals surface area contributed by atoms with Crippen LogP contribution in [0.25, 0.3) is 0 Å². The van der Waals surface area contributed by atoms with E-state index in [-0.39, 0.29) is 5.91 Å². The second-order valence-electron chi connectivity index (χ2n) is 5.29. The molecule has 4 heteroatoms. The molecule has 20 heavy (non-hydrogen) atoms. The lowest BCUT2D eigenvalue weighted by Gasteiger charge is -2.29. The van der Waals surface area contributed by atoms with Gasteiger partial charge in [-0.05, 0) is 50.5 Å². The summed E-state index contributed by atoms with van der Waals surface area (Å²) in [5, 5.41) is 3.27. The predicted molar refractivity (Wildman–Crippen MR) is 80.6 cm³/mol. The van der Waals surface area contributed by atoms with Crippen molar-refractivity contribution >= 4 is 5.91 Å². The summed E-state index contributed by atoms with van der Waals surface area (Å²) in [6, 6.07) is 1.99. The number of benzene rings is 1. The van der Waals surface area contributed by atoms with Crippen molar-refractivity contribution in [2.24, 2.45) is 0 Å². The van der Waals surface area contributed by atoms with Crippen molar-refractivity contribution in [2.45, 2.75) is 27.7 Å². The molecule has 0 aliphatic carbocycles. The van der Waals surface area contributed by atoms with Gasteiger partial charge >= 0.3 is 0 Å². The molecule has 1 heterocycles. The molecule has 1 saturated heterocycles. The zero-order chi connectivity index (χ0) is 14.7. The van der Waals surface area contributed by atoms with Crippen LogP contribution in [-0.4, -0.2) is 43.6 Å². The van der Waals surface area contributed by atoms with Crippen molar-refractivity contribution in [2.75, 3.05) is 32.8 Å². The first-order valence-corrected chi connectivity index (χ1v) is 7.29. The van der Waals surface area contributed by atoms with Crippen molar-refractivity contribution in [3.63, 3.8) is 0 Å². The molecule has 1 aliphatic heterocycles. The third kappa shape index (κ3) is 2.80. The first-order valence-electron chi connectivity index (χ1n) is 7.29. The minimum atomic E-state index is 0.146. The van der Waals surface area contributed by atoms with Crippen LogP contribution in [0.1, 0.15) is 34.0 Å². The third-order valence-corrected chi connectivity index (χ3v) is 3.97. The van der Waals surface area contributed by atoms with Crippen LogP contribution in [0, 0.1) is 20.8 Å². The number of nitrogens with one attached hydrogen (secondary N) is 1. The van der Waals surface area contributed by atoms with Crippen molar-refractivity contribution in [3.8, 4) is 5.75 Å². The number of nitrogens with zero attached hydrogens (tertiary/aromatic N) is 1. The standard InChI is InChI=1S/C16H24N2O2/c1-5-20-14-10-11(2)15(13(4)12(14)3)16(19)18-8-6-17-7-9-18/h10,17H,5-9H2,1-4H3. The smallest absolute Gasteiger partial charge is 0.254 e. The van der Waals surface area contributed by atoms with Crippen molar-refractivity contribution in [1.29, 1.82) is 0 Å². The molecule has 1 aliphatic rings. The lowest BCUT2D eigenvalue weighted by molar-refractivity contribution is 0.0734. The molecule has 1 aromatic rings. The number of carbonyl (C=O) groups excluding carboxylic acids is 1. The molecule has 0 bridgehead atoms. The Kier molecular flexibility index (Phi) is 4.65. The Morgan fingerprint density at radius 2 is 1.90 bits per heavy atom. The maximum Gasteiger partial charge on any atom is 0.254 e. The van der Waals surface area contributed by atoms with Crippen LogP contribution >= 0.6 is 0 Å². The van der Waals surface area contributed by atoms with Crippen LogP contribution in [0.3, 0.4) is 0 Å². The maximum absolute atomic E-state index is 12.7. The van der Waals surface area contributed by atoms with Gasteiger partial charge in [-0.1, -0.05) is 0 Å². The Morgan fingerprint density at radius 3 is 2.50 bits per heavy atom. The molecular weight excluding hydrogens is 252 g/mol. The van der Waals surface area contributed by atoms with Crippen molar-refractivity contribution in [1.82, 2.24) is 10.2 Å². The maximum atomic E-state index is 12.7. The number of piperazine rings is 1. The summed E-state index contributed by atoms with van der Waals surface area (Å²) in [5.41, 5.74) is 3.95. The second-order valence-corrected chi connectivity index (χ2v) is 5.29. The summed E-state index contributed by atoms with van der Waals surface area (Å²) < 4.78 is 5.64. The summed E-state index contributed by atoms with van der Waals surface area (Å²) >= 11 is 0. The quantitative estimate of drug-likeness (QED) is 0.919. The minimum Gasteiger partial charge on any atom is -0.494 e. The molecule has 2 rings (SSSR count). The van der Waals surface area contributed by atoms with E-state index in [1.165, 1.54) is 0 Å².